The molecule has 1 fully saturated rings. The van der Waals surface area contributed by atoms with Crippen LogP contribution in [0, 0.1) is 0 Å². The van der Waals surface area contributed by atoms with Gasteiger partial charge in [-0.2, -0.15) is 0 Å². The first kappa shape index (κ1) is 8.46. The van der Waals surface area contributed by atoms with Crippen molar-refractivity contribution in [3.8, 4) is 0 Å². The number of aliphatic carboxylic acids is 1. The van der Waals surface area contributed by atoms with E-state index in [4.69, 9.17) is 10.8 Å². The minimum atomic E-state index is -2.06. The van der Waals surface area contributed by atoms with Gasteiger partial charge in [-0.3, -0.25) is 0 Å². The van der Waals surface area contributed by atoms with Gasteiger partial charge in [0.25, 0.3) is 0 Å². The van der Waals surface area contributed by atoms with Gasteiger partial charge in [0.05, 0.1) is 0 Å². The van der Waals surface area contributed by atoms with Gasteiger partial charge in [-0.05, 0) is 19.3 Å². The van der Waals surface area contributed by atoms with Crippen molar-refractivity contribution < 1.29 is 14.3 Å². The number of rotatable bonds is 1. The first-order valence-electron chi connectivity index (χ1n) is 3.72. The number of carboxylic acids is 1. The number of hydrogen-bond acceptors (Lipinski definition) is 2. The molecule has 0 radical (unpaired) electrons. The third kappa shape index (κ3) is 1.68. The Bertz CT molecular complexity index is 174. The first-order valence-corrected chi connectivity index (χ1v) is 3.72. The van der Waals surface area contributed by atoms with Crippen LogP contribution in [0.5, 0.6) is 0 Å². The highest BCUT2D eigenvalue weighted by Crippen LogP contribution is 2.31. The maximum atomic E-state index is 13.3. The van der Waals surface area contributed by atoms with Crippen LogP contribution in [0.2, 0.25) is 0 Å². The molecule has 0 aromatic rings. The van der Waals surface area contributed by atoms with Gasteiger partial charge in [-0.15, -0.1) is 0 Å². The van der Waals surface area contributed by atoms with Crippen LogP contribution in [0.1, 0.15) is 25.7 Å². The molecular weight excluding hydrogens is 149 g/mol. The van der Waals surface area contributed by atoms with Crippen molar-refractivity contribution in [2.75, 3.05) is 0 Å². The number of halogens is 1. The van der Waals surface area contributed by atoms with Gasteiger partial charge in [-0.1, -0.05) is 0 Å². The van der Waals surface area contributed by atoms with E-state index in [2.05, 4.69) is 0 Å². The van der Waals surface area contributed by atoms with Gasteiger partial charge in [-0.25, -0.2) is 9.18 Å². The molecule has 1 aliphatic carbocycles. The maximum Gasteiger partial charge on any atom is 0.341 e. The summed E-state index contributed by atoms with van der Waals surface area (Å²) in [5.74, 6) is -1.37. The molecule has 0 heterocycles. The normalized spacial score (nSPS) is 38.5. The summed E-state index contributed by atoms with van der Waals surface area (Å²) in [5.41, 5.74) is 3.39. The summed E-state index contributed by atoms with van der Waals surface area (Å²) in [7, 11) is 0. The second kappa shape index (κ2) is 2.77. The fourth-order valence-electron chi connectivity index (χ4n) is 1.46. The minimum Gasteiger partial charge on any atom is -0.479 e. The molecule has 0 bridgehead atoms. The van der Waals surface area contributed by atoms with E-state index >= 15 is 0 Å². The van der Waals surface area contributed by atoms with E-state index in [1.54, 1.807) is 0 Å². The van der Waals surface area contributed by atoms with Crippen molar-refractivity contribution >= 4 is 5.97 Å². The molecule has 0 unspecified atom stereocenters. The Labute approximate surface area is 64.4 Å². The van der Waals surface area contributed by atoms with E-state index in [1.165, 1.54) is 0 Å². The molecule has 2 atom stereocenters. The fourth-order valence-corrected chi connectivity index (χ4v) is 1.46. The Morgan fingerprint density at radius 3 is 2.73 bits per heavy atom. The lowest BCUT2D eigenvalue weighted by Gasteiger charge is -2.29. The van der Waals surface area contributed by atoms with Crippen LogP contribution < -0.4 is 5.73 Å². The highest BCUT2D eigenvalue weighted by molar-refractivity contribution is 5.77. The van der Waals surface area contributed by atoms with E-state index in [0.29, 0.717) is 6.42 Å². The van der Waals surface area contributed by atoms with Gasteiger partial charge in [0.2, 0.25) is 5.67 Å². The van der Waals surface area contributed by atoms with Crippen LogP contribution in [0.3, 0.4) is 0 Å². The van der Waals surface area contributed by atoms with E-state index < -0.39 is 11.6 Å². The maximum absolute atomic E-state index is 13.3. The molecule has 0 aromatic heterocycles. The molecule has 0 saturated heterocycles. The number of alkyl halides is 1. The summed E-state index contributed by atoms with van der Waals surface area (Å²) in [4.78, 5) is 10.4. The predicted octanol–water partition coefficient (Wildman–Crippen LogP) is 0.681. The third-order valence-corrected chi connectivity index (χ3v) is 2.12. The quantitative estimate of drug-likeness (QED) is 0.594. The molecule has 1 rings (SSSR count). The molecule has 3 N–H and O–H groups in total. The summed E-state index contributed by atoms with van der Waals surface area (Å²) in [6.45, 7) is 0. The van der Waals surface area contributed by atoms with Gasteiger partial charge >= 0.3 is 5.97 Å². The average Bonchev–Trinajstić information content (AvgIpc) is 1.86. The lowest BCUT2D eigenvalue weighted by atomic mass is 9.84. The van der Waals surface area contributed by atoms with Crippen molar-refractivity contribution in [3.63, 3.8) is 0 Å². The van der Waals surface area contributed by atoms with Gasteiger partial charge in [0.1, 0.15) is 0 Å². The summed E-state index contributed by atoms with van der Waals surface area (Å²) >= 11 is 0. The third-order valence-electron chi connectivity index (χ3n) is 2.12. The number of carbonyl (C=O) groups is 1. The summed E-state index contributed by atoms with van der Waals surface area (Å²) in [6.07, 6.45) is 1.38. The number of nitrogens with two attached hydrogens (primary N) is 1. The zero-order valence-electron chi connectivity index (χ0n) is 6.22. The Morgan fingerprint density at radius 2 is 2.36 bits per heavy atom. The molecule has 0 aromatic carbocycles. The van der Waals surface area contributed by atoms with Crippen LogP contribution in [0.25, 0.3) is 0 Å². The van der Waals surface area contributed by atoms with Gasteiger partial charge in [0.15, 0.2) is 0 Å². The molecule has 11 heavy (non-hydrogen) atoms. The van der Waals surface area contributed by atoms with E-state index in [1.807, 2.05) is 0 Å². The highest BCUT2D eigenvalue weighted by atomic mass is 19.1. The summed E-state index contributed by atoms with van der Waals surface area (Å²) in [5, 5.41) is 8.48. The van der Waals surface area contributed by atoms with Crippen LogP contribution in [0.4, 0.5) is 4.39 Å². The monoisotopic (exact) mass is 161 g/mol. The molecule has 4 heteroatoms. The average molecular weight is 161 g/mol. The SMILES string of the molecule is N[C@H]1CCC[C@@](F)(C(=O)O)C1. The van der Waals surface area contributed by atoms with E-state index in [0.717, 1.165) is 6.42 Å². The van der Waals surface area contributed by atoms with Crippen molar-refractivity contribution in [2.45, 2.75) is 37.4 Å². The second-order valence-electron chi connectivity index (χ2n) is 3.13. The fraction of sp³-hybridized carbons (Fsp3) is 0.857. The Balaban J connectivity index is 2.63. The molecule has 0 amide bonds. The van der Waals surface area contributed by atoms with Crippen LogP contribution in [-0.2, 0) is 4.79 Å². The molecule has 0 spiro atoms. The topological polar surface area (TPSA) is 63.3 Å². The summed E-state index contributed by atoms with van der Waals surface area (Å²) < 4.78 is 13.3. The summed E-state index contributed by atoms with van der Waals surface area (Å²) in [6, 6.07) is -0.287. The van der Waals surface area contributed by atoms with E-state index in [-0.39, 0.29) is 18.9 Å². The molecular formula is C7H12FNO2. The smallest absolute Gasteiger partial charge is 0.341 e. The molecule has 0 aliphatic heterocycles. The van der Waals surface area contributed by atoms with Crippen molar-refractivity contribution in [2.24, 2.45) is 5.73 Å². The Morgan fingerprint density at radius 1 is 1.73 bits per heavy atom. The Hall–Kier alpha value is -0.640. The number of hydrogen-bond donors (Lipinski definition) is 2. The second-order valence-corrected chi connectivity index (χ2v) is 3.13. The van der Waals surface area contributed by atoms with Crippen molar-refractivity contribution in [3.05, 3.63) is 0 Å². The molecule has 1 aliphatic rings. The molecule has 64 valence electrons. The van der Waals surface area contributed by atoms with Gasteiger partial charge < -0.3 is 10.8 Å². The van der Waals surface area contributed by atoms with Gasteiger partial charge in [0, 0.05) is 12.5 Å². The molecule has 1 saturated carbocycles. The lowest BCUT2D eigenvalue weighted by molar-refractivity contribution is -0.153. The van der Waals surface area contributed by atoms with E-state index in [9.17, 15) is 9.18 Å². The van der Waals surface area contributed by atoms with Crippen LogP contribution in [0.15, 0.2) is 0 Å². The first-order chi connectivity index (χ1) is 5.04. The predicted molar refractivity (Wildman–Crippen MR) is 37.9 cm³/mol. The zero-order chi connectivity index (χ0) is 8.48. The minimum absolute atomic E-state index is 0.0394. The number of carboxylic acid groups (broad SMARTS) is 1. The van der Waals surface area contributed by atoms with Crippen molar-refractivity contribution in [1.82, 2.24) is 0 Å². The van der Waals surface area contributed by atoms with Crippen LogP contribution >= 0.6 is 0 Å². The lowest BCUT2D eigenvalue weighted by Crippen LogP contribution is -2.43. The zero-order valence-corrected chi connectivity index (χ0v) is 6.22. The highest BCUT2D eigenvalue weighted by Gasteiger charge is 2.42. The Kier molecular flexibility index (Phi) is 2.13. The molecule has 3 nitrogen and oxygen atoms in total. The largest absolute Gasteiger partial charge is 0.479 e. The van der Waals surface area contributed by atoms with Crippen molar-refractivity contribution in [1.29, 1.82) is 0 Å². The van der Waals surface area contributed by atoms with Crippen LogP contribution in [-0.4, -0.2) is 22.8 Å². The standard InChI is InChI=1S/C7H12FNO2/c8-7(6(10)11)3-1-2-5(9)4-7/h5H,1-4,9H2,(H,10,11)/t5-,7-/m0/s1.